The van der Waals surface area contributed by atoms with Crippen molar-refractivity contribution in [2.75, 3.05) is 19.5 Å². The fourth-order valence-corrected chi connectivity index (χ4v) is 3.42. The number of ether oxygens (including phenoxy) is 2. The molecule has 1 aromatic rings. The van der Waals surface area contributed by atoms with Gasteiger partial charge >= 0.3 is 5.97 Å². The first kappa shape index (κ1) is 19.1. The Morgan fingerprint density at radius 2 is 1.88 bits per heavy atom. The first-order chi connectivity index (χ1) is 12.0. The van der Waals surface area contributed by atoms with Crippen LogP contribution in [0.2, 0.25) is 0 Å². The Morgan fingerprint density at radius 1 is 1.16 bits per heavy atom. The Balaban J connectivity index is 1.98. The molecule has 1 saturated carbocycles. The van der Waals surface area contributed by atoms with Gasteiger partial charge < -0.3 is 19.9 Å². The Morgan fingerprint density at radius 3 is 2.48 bits per heavy atom. The molecule has 0 atom stereocenters. The van der Waals surface area contributed by atoms with Gasteiger partial charge in [-0.2, -0.15) is 0 Å². The van der Waals surface area contributed by atoms with E-state index in [0.717, 1.165) is 18.8 Å². The molecule has 0 bridgehead atoms. The van der Waals surface area contributed by atoms with Crippen LogP contribution in [0.1, 0.15) is 61.7 Å². The maximum absolute atomic E-state index is 12.2. The number of carboxylic acids is 1. The average molecular weight is 349 g/mol. The molecule has 2 rings (SSSR count). The molecule has 0 saturated heterocycles. The molecular weight excluding hydrogens is 322 g/mol. The fourth-order valence-electron chi connectivity index (χ4n) is 3.42. The Labute approximate surface area is 148 Å². The molecule has 138 valence electrons. The maximum atomic E-state index is 12.2. The molecule has 1 aliphatic carbocycles. The van der Waals surface area contributed by atoms with Crippen molar-refractivity contribution in [1.82, 2.24) is 0 Å². The maximum Gasteiger partial charge on any atom is 0.335 e. The molecule has 2 N–H and O–H groups in total. The molecular formula is C19H27NO5. The van der Waals surface area contributed by atoms with Gasteiger partial charge in [-0.3, -0.25) is 4.79 Å². The standard InChI is InChI=1S/C19H27NO5/c1-24-16-12-14(19(22)23)11-15(18(16)25-2)20-17(21)10-6-9-13-7-4-3-5-8-13/h11-13H,3-10H2,1-2H3,(H,20,21)(H,22,23). The van der Waals surface area contributed by atoms with Crippen LogP contribution in [0.3, 0.4) is 0 Å². The largest absolute Gasteiger partial charge is 0.493 e. The van der Waals surface area contributed by atoms with Crippen LogP contribution in [0.15, 0.2) is 12.1 Å². The zero-order valence-electron chi connectivity index (χ0n) is 15.0. The number of rotatable bonds is 8. The highest BCUT2D eigenvalue weighted by atomic mass is 16.5. The summed E-state index contributed by atoms with van der Waals surface area (Å²) in [5, 5.41) is 12.0. The summed E-state index contributed by atoms with van der Waals surface area (Å²) >= 11 is 0. The summed E-state index contributed by atoms with van der Waals surface area (Å²) in [6.07, 6.45) is 8.81. The van der Waals surface area contributed by atoms with Gasteiger partial charge in [-0.1, -0.05) is 32.1 Å². The van der Waals surface area contributed by atoms with E-state index in [1.807, 2.05) is 0 Å². The number of benzene rings is 1. The van der Waals surface area contributed by atoms with Crippen molar-refractivity contribution in [2.45, 2.75) is 51.4 Å². The minimum Gasteiger partial charge on any atom is -0.493 e. The molecule has 1 amide bonds. The zero-order valence-corrected chi connectivity index (χ0v) is 15.0. The van der Waals surface area contributed by atoms with Gasteiger partial charge in [0, 0.05) is 6.42 Å². The highest BCUT2D eigenvalue weighted by Gasteiger charge is 2.18. The SMILES string of the molecule is COc1cc(C(=O)O)cc(NC(=O)CCCC2CCCCC2)c1OC. The van der Waals surface area contributed by atoms with E-state index in [2.05, 4.69) is 5.32 Å². The van der Waals surface area contributed by atoms with Gasteiger partial charge in [-0.25, -0.2) is 4.79 Å². The minimum absolute atomic E-state index is 0.0372. The Kier molecular flexibility index (Phi) is 7.10. The van der Waals surface area contributed by atoms with Gasteiger partial charge in [-0.05, 0) is 30.9 Å². The van der Waals surface area contributed by atoms with Crippen molar-refractivity contribution >= 4 is 17.6 Å². The van der Waals surface area contributed by atoms with E-state index in [4.69, 9.17) is 9.47 Å². The predicted molar refractivity (Wildman–Crippen MR) is 95.6 cm³/mol. The molecule has 25 heavy (non-hydrogen) atoms. The summed E-state index contributed by atoms with van der Waals surface area (Å²) in [6.45, 7) is 0. The van der Waals surface area contributed by atoms with Gasteiger partial charge in [-0.15, -0.1) is 0 Å². The molecule has 6 heteroatoms. The third kappa shape index (κ3) is 5.37. The second kappa shape index (κ2) is 9.30. The lowest BCUT2D eigenvalue weighted by Crippen LogP contribution is -2.14. The van der Waals surface area contributed by atoms with E-state index in [-0.39, 0.29) is 17.2 Å². The lowest BCUT2D eigenvalue weighted by molar-refractivity contribution is -0.116. The fraction of sp³-hybridized carbons (Fsp3) is 0.579. The summed E-state index contributed by atoms with van der Waals surface area (Å²) in [5.41, 5.74) is 0.358. The van der Waals surface area contributed by atoms with Gasteiger partial charge in [0.25, 0.3) is 0 Å². The summed E-state index contributed by atoms with van der Waals surface area (Å²) in [5.74, 6) is 0.118. The van der Waals surface area contributed by atoms with Crippen LogP contribution in [0.25, 0.3) is 0 Å². The second-order valence-corrected chi connectivity index (χ2v) is 6.51. The van der Waals surface area contributed by atoms with Gasteiger partial charge in [0.1, 0.15) is 0 Å². The Hall–Kier alpha value is -2.24. The van der Waals surface area contributed by atoms with Crippen molar-refractivity contribution in [1.29, 1.82) is 0 Å². The number of methoxy groups -OCH3 is 2. The van der Waals surface area contributed by atoms with Crippen LogP contribution < -0.4 is 14.8 Å². The van der Waals surface area contributed by atoms with Crippen LogP contribution in [-0.4, -0.2) is 31.2 Å². The van der Waals surface area contributed by atoms with Gasteiger partial charge in [0.15, 0.2) is 11.5 Å². The second-order valence-electron chi connectivity index (χ2n) is 6.51. The van der Waals surface area contributed by atoms with Crippen LogP contribution in [0.5, 0.6) is 11.5 Å². The number of carbonyl (C=O) groups is 2. The monoisotopic (exact) mass is 349 g/mol. The molecule has 1 fully saturated rings. The zero-order chi connectivity index (χ0) is 18.2. The van der Waals surface area contributed by atoms with E-state index < -0.39 is 5.97 Å². The normalized spacial score (nSPS) is 14.8. The number of carbonyl (C=O) groups excluding carboxylic acids is 1. The van der Waals surface area contributed by atoms with E-state index in [0.29, 0.717) is 17.9 Å². The number of nitrogens with one attached hydrogen (secondary N) is 1. The molecule has 0 aliphatic heterocycles. The van der Waals surface area contributed by atoms with Crippen LogP contribution in [0, 0.1) is 5.92 Å². The first-order valence-electron chi connectivity index (χ1n) is 8.84. The molecule has 1 aromatic carbocycles. The molecule has 6 nitrogen and oxygen atoms in total. The topological polar surface area (TPSA) is 84.9 Å². The molecule has 0 aromatic heterocycles. The van der Waals surface area contributed by atoms with Gasteiger partial charge in [0.2, 0.25) is 5.91 Å². The number of amides is 1. The van der Waals surface area contributed by atoms with E-state index in [1.165, 1.54) is 58.5 Å². The van der Waals surface area contributed by atoms with Crippen molar-refractivity contribution < 1.29 is 24.2 Å². The lowest BCUT2D eigenvalue weighted by atomic mass is 9.86. The molecule has 0 unspecified atom stereocenters. The lowest BCUT2D eigenvalue weighted by Gasteiger charge is -2.21. The van der Waals surface area contributed by atoms with Crippen molar-refractivity contribution in [3.05, 3.63) is 17.7 Å². The first-order valence-corrected chi connectivity index (χ1v) is 8.84. The molecule has 1 aliphatic rings. The summed E-state index contributed by atoms with van der Waals surface area (Å²) in [6, 6.07) is 2.77. The summed E-state index contributed by atoms with van der Waals surface area (Å²) < 4.78 is 10.4. The number of hydrogen-bond acceptors (Lipinski definition) is 4. The highest BCUT2D eigenvalue weighted by molar-refractivity contribution is 5.96. The quantitative estimate of drug-likeness (QED) is 0.738. The smallest absolute Gasteiger partial charge is 0.335 e. The molecule has 0 heterocycles. The number of hydrogen-bond donors (Lipinski definition) is 2. The van der Waals surface area contributed by atoms with Crippen LogP contribution >= 0.6 is 0 Å². The average Bonchev–Trinajstić information content (AvgIpc) is 2.61. The van der Waals surface area contributed by atoms with Crippen LogP contribution in [-0.2, 0) is 4.79 Å². The van der Waals surface area contributed by atoms with E-state index in [9.17, 15) is 14.7 Å². The third-order valence-electron chi connectivity index (χ3n) is 4.74. The number of aromatic carboxylic acids is 1. The molecule has 0 radical (unpaired) electrons. The summed E-state index contributed by atoms with van der Waals surface area (Å²) in [7, 11) is 2.89. The third-order valence-corrected chi connectivity index (χ3v) is 4.74. The predicted octanol–water partition coefficient (Wildman–Crippen LogP) is 4.09. The van der Waals surface area contributed by atoms with Gasteiger partial charge in [0.05, 0.1) is 25.5 Å². The Bertz CT molecular complexity index is 608. The number of anilines is 1. The molecule has 0 spiro atoms. The van der Waals surface area contributed by atoms with Crippen LogP contribution in [0.4, 0.5) is 5.69 Å². The van der Waals surface area contributed by atoms with Crippen molar-refractivity contribution in [2.24, 2.45) is 5.92 Å². The minimum atomic E-state index is -1.09. The van der Waals surface area contributed by atoms with E-state index >= 15 is 0 Å². The van der Waals surface area contributed by atoms with E-state index in [1.54, 1.807) is 0 Å². The van der Waals surface area contributed by atoms with Crippen molar-refractivity contribution in [3.8, 4) is 11.5 Å². The number of carboxylic acid groups (broad SMARTS) is 1. The highest BCUT2D eigenvalue weighted by Crippen LogP contribution is 2.37. The summed E-state index contributed by atoms with van der Waals surface area (Å²) in [4.78, 5) is 23.5. The van der Waals surface area contributed by atoms with Crippen molar-refractivity contribution in [3.63, 3.8) is 0 Å².